The van der Waals surface area contributed by atoms with Crippen LogP contribution >= 0.6 is 0 Å². The maximum atomic E-state index is 12.4. The molecule has 1 amide bonds. The first kappa shape index (κ1) is 17.7. The summed E-state index contributed by atoms with van der Waals surface area (Å²) in [4.78, 5) is 33.2. The minimum atomic E-state index is -0.141. The Bertz CT molecular complexity index is 1150. The Morgan fingerprint density at radius 1 is 1.11 bits per heavy atom. The standard InChI is InChI=1S/C21H18N4O3/c26-20(7-9-25-14-24-19-4-2-1-3-17(19)21(25)27)23-12-15-5-6-18(22-11-15)16-8-10-28-13-16/h1-6,8,10-11,13-14H,7,9,12H2,(H,23,26). The van der Waals surface area contributed by atoms with Crippen LogP contribution in [0.15, 0.2) is 76.7 Å². The number of carbonyl (C=O) groups excluding carboxylic acids is 1. The molecule has 0 unspecified atom stereocenters. The maximum absolute atomic E-state index is 12.4. The van der Waals surface area contributed by atoms with Crippen molar-refractivity contribution < 1.29 is 9.21 Å². The number of fused-ring (bicyclic) bond motifs is 1. The minimum absolute atomic E-state index is 0.140. The number of carbonyl (C=O) groups is 1. The number of amides is 1. The fraction of sp³-hybridized carbons (Fsp3) is 0.143. The van der Waals surface area contributed by atoms with E-state index in [4.69, 9.17) is 4.42 Å². The number of hydrogen-bond acceptors (Lipinski definition) is 5. The Kier molecular flexibility index (Phi) is 4.97. The fourth-order valence-electron chi connectivity index (χ4n) is 2.89. The van der Waals surface area contributed by atoms with Crippen LogP contribution in [-0.2, 0) is 17.9 Å². The highest BCUT2D eigenvalue weighted by Crippen LogP contribution is 2.17. The van der Waals surface area contributed by atoms with Gasteiger partial charge in [-0.15, -0.1) is 0 Å². The molecule has 4 aromatic rings. The summed E-state index contributed by atoms with van der Waals surface area (Å²) >= 11 is 0. The molecule has 0 atom stereocenters. The van der Waals surface area contributed by atoms with E-state index in [2.05, 4.69) is 15.3 Å². The lowest BCUT2D eigenvalue weighted by atomic mass is 10.2. The minimum Gasteiger partial charge on any atom is -0.472 e. The van der Waals surface area contributed by atoms with Crippen LogP contribution in [-0.4, -0.2) is 20.4 Å². The van der Waals surface area contributed by atoms with Crippen LogP contribution in [0.5, 0.6) is 0 Å². The second kappa shape index (κ2) is 7.87. The highest BCUT2D eigenvalue weighted by Gasteiger charge is 2.07. The monoisotopic (exact) mass is 374 g/mol. The molecule has 0 aliphatic carbocycles. The molecule has 1 N–H and O–H groups in total. The molecular weight excluding hydrogens is 356 g/mol. The number of hydrogen-bond donors (Lipinski definition) is 1. The molecule has 4 rings (SSSR count). The number of rotatable bonds is 6. The predicted molar refractivity (Wildman–Crippen MR) is 104 cm³/mol. The molecule has 0 bridgehead atoms. The van der Waals surface area contributed by atoms with E-state index in [1.807, 2.05) is 24.3 Å². The lowest BCUT2D eigenvalue weighted by molar-refractivity contribution is -0.121. The molecule has 28 heavy (non-hydrogen) atoms. The molecule has 7 heteroatoms. The van der Waals surface area contributed by atoms with Crippen molar-refractivity contribution in [2.75, 3.05) is 0 Å². The third kappa shape index (κ3) is 3.83. The van der Waals surface area contributed by atoms with Crippen molar-refractivity contribution >= 4 is 16.8 Å². The second-order valence-electron chi connectivity index (χ2n) is 6.35. The van der Waals surface area contributed by atoms with Crippen molar-refractivity contribution in [1.82, 2.24) is 19.9 Å². The maximum Gasteiger partial charge on any atom is 0.261 e. The third-order valence-corrected chi connectivity index (χ3v) is 4.44. The third-order valence-electron chi connectivity index (χ3n) is 4.44. The van der Waals surface area contributed by atoms with Gasteiger partial charge in [-0.25, -0.2) is 4.98 Å². The lowest BCUT2D eigenvalue weighted by Gasteiger charge is -2.08. The average Bonchev–Trinajstić information content (AvgIpc) is 3.27. The molecule has 3 aromatic heterocycles. The summed E-state index contributed by atoms with van der Waals surface area (Å²) in [5, 5.41) is 3.40. The van der Waals surface area contributed by atoms with Crippen LogP contribution in [0.1, 0.15) is 12.0 Å². The first-order chi connectivity index (χ1) is 13.7. The molecule has 3 heterocycles. The fourth-order valence-corrected chi connectivity index (χ4v) is 2.89. The average molecular weight is 374 g/mol. The summed E-state index contributed by atoms with van der Waals surface area (Å²) in [6.07, 6.45) is 6.63. The van der Waals surface area contributed by atoms with Crippen LogP contribution in [0, 0.1) is 0 Å². The van der Waals surface area contributed by atoms with E-state index in [1.54, 1.807) is 36.9 Å². The van der Waals surface area contributed by atoms with Crippen LogP contribution in [0.2, 0.25) is 0 Å². The van der Waals surface area contributed by atoms with Gasteiger partial charge in [0.25, 0.3) is 5.56 Å². The number of nitrogens with one attached hydrogen (secondary N) is 1. The Morgan fingerprint density at radius 2 is 2.00 bits per heavy atom. The van der Waals surface area contributed by atoms with Crippen molar-refractivity contribution in [3.63, 3.8) is 0 Å². The van der Waals surface area contributed by atoms with Gasteiger partial charge in [-0.3, -0.25) is 19.1 Å². The van der Waals surface area contributed by atoms with Gasteiger partial charge in [0.05, 0.1) is 35.5 Å². The van der Waals surface area contributed by atoms with E-state index in [0.717, 1.165) is 16.8 Å². The molecule has 0 spiro atoms. The molecule has 7 nitrogen and oxygen atoms in total. The molecule has 1 aromatic carbocycles. The molecule has 0 fully saturated rings. The number of furan rings is 1. The van der Waals surface area contributed by atoms with Crippen molar-refractivity contribution in [3.8, 4) is 11.3 Å². The summed E-state index contributed by atoms with van der Waals surface area (Å²) in [6, 6.07) is 12.8. The summed E-state index contributed by atoms with van der Waals surface area (Å²) < 4.78 is 6.51. The Labute approximate surface area is 160 Å². The van der Waals surface area contributed by atoms with Crippen LogP contribution in [0.4, 0.5) is 0 Å². The molecule has 0 saturated carbocycles. The van der Waals surface area contributed by atoms with Crippen molar-refractivity contribution in [2.24, 2.45) is 0 Å². The largest absolute Gasteiger partial charge is 0.472 e. The number of pyridine rings is 1. The van der Waals surface area contributed by atoms with E-state index in [-0.39, 0.29) is 24.4 Å². The molecule has 140 valence electrons. The molecule has 0 saturated heterocycles. The SMILES string of the molecule is O=C(CCn1cnc2ccccc2c1=O)NCc1ccc(-c2ccoc2)nc1. The summed E-state index contributed by atoms with van der Waals surface area (Å²) in [5.74, 6) is -0.140. The van der Waals surface area contributed by atoms with Crippen molar-refractivity contribution in [3.05, 3.63) is 83.4 Å². The van der Waals surface area contributed by atoms with Crippen LogP contribution in [0.25, 0.3) is 22.2 Å². The van der Waals surface area contributed by atoms with Gasteiger partial charge in [0.1, 0.15) is 0 Å². The highest BCUT2D eigenvalue weighted by molar-refractivity contribution is 5.77. The van der Waals surface area contributed by atoms with Gasteiger partial charge in [-0.05, 0) is 29.8 Å². The van der Waals surface area contributed by atoms with Gasteiger partial charge in [-0.1, -0.05) is 18.2 Å². The number of aryl methyl sites for hydroxylation is 1. The van der Waals surface area contributed by atoms with E-state index in [1.165, 1.54) is 10.9 Å². The zero-order valence-corrected chi connectivity index (χ0v) is 15.0. The smallest absolute Gasteiger partial charge is 0.261 e. The second-order valence-corrected chi connectivity index (χ2v) is 6.35. The Morgan fingerprint density at radius 3 is 2.79 bits per heavy atom. The quantitative estimate of drug-likeness (QED) is 0.560. The summed E-state index contributed by atoms with van der Waals surface area (Å²) in [5.41, 5.74) is 3.12. The van der Waals surface area contributed by atoms with Gasteiger partial charge >= 0.3 is 0 Å². The van der Waals surface area contributed by atoms with Gasteiger partial charge < -0.3 is 9.73 Å². The molecule has 0 radical (unpaired) electrons. The van der Waals surface area contributed by atoms with Gasteiger partial charge in [0.15, 0.2) is 0 Å². The summed E-state index contributed by atoms with van der Waals surface area (Å²) in [6.45, 7) is 0.655. The topological polar surface area (TPSA) is 90.0 Å². The zero-order chi connectivity index (χ0) is 19.3. The molecule has 0 aliphatic rings. The van der Waals surface area contributed by atoms with E-state index in [9.17, 15) is 9.59 Å². The predicted octanol–water partition coefficient (Wildman–Crippen LogP) is 2.76. The van der Waals surface area contributed by atoms with Gasteiger partial charge in [0.2, 0.25) is 5.91 Å². The number of para-hydroxylation sites is 1. The van der Waals surface area contributed by atoms with Crippen LogP contribution < -0.4 is 10.9 Å². The molecular formula is C21H18N4O3. The highest BCUT2D eigenvalue weighted by atomic mass is 16.3. The van der Waals surface area contributed by atoms with Gasteiger partial charge in [-0.2, -0.15) is 0 Å². The first-order valence-electron chi connectivity index (χ1n) is 8.89. The number of benzene rings is 1. The Balaban J connectivity index is 1.33. The van der Waals surface area contributed by atoms with Gasteiger partial charge in [0, 0.05) is 31.3 Å². The number of nitrogens with zero attached hydrogens (tertiary/aromatic N) is 3. The van der Waals surface area contributed by atoms with E-state index >= 15 is 0 Å². The van der Waals surface area contributed by atoms with E-state index in [0.29, 0.717) is 17.4 Å². The van der Waals surface area contributed by atoms with Crippen molar-refractivity contribution in [1.29, 1.82) is 0 Å². The number of aromatic nitrogens is 3. The van der Waals surface area contributed by atoms with E-state index < -0.39 is 0 Å². The Hall–Kier alpha value is -3.74. The molecule has 0 aliphatic heterocycles. The summed E-state index contributed by atoms with van der Waals surface area (Å²) in [7, 11) is 0. The van der Waals surface area contributed by atoms with Crippen molar-refractivity contribution in [2.45, 2.75) is 19.5 Å². The normalized spacial score (nSPS) is 10.9. The zero-order valence-electron chi connectivity index (χ0n) is 15.0. The van der Waals surface area contributed by atoms with Crippen LogP contribution in [0.3, 0.4) is 0 Å². The lowest BCUT2D eigenvalue weighted by Crippen LogP contribution is -2.27. The first-order valence-corrected chi connectivity index (χ1v) is 8.89.